The fraction of sp³-hybridized carbons (Fsp3) is 0.259. The highest BCUT2D eigenvalue weighted by molar-refractivity contribution is 6.03. The maximum absolute atomic E-state index is 16.0. The summed E-state index contributed by atoms with van der Waals surface area (Å²) in [5, 5.41) is 15.4. The number of benzene rings is 1. The van der Waals surface area contributed by atoms with Crippen molar-refractivity contribution in [3.63, 3.8) is 0 Å². The molecule has 10 heteroatoms. The second-order valence-electron chi connectivity index (χ2n) is 9.40. The lowest BCUT2D eigenvalue weighted by Crippen LogP contribution is -2.19. The number of amides is 1. The first-order chi connectivity index (χ1) is 17.7. The van der Waals surface area contributed by atoms with Gasteiger partial charge in [0.2, 0.25) is 5.62 Å². The first-order valence-electron chi connectivity index (χ1n) is 11.8. The topological polar surface area (TPSA) is 121 Å². The highest BCUT2D eigenvalue weighted by Gasteiger charge is 2.26. The standard InChI is InChI=1S/C27H25FN8O/c1-15-5-6-19(34-25(37)20-12-17(7-8-31-20)27(2,3)14-29)22(28)21(15)18-11-16-13-33-26(30-4)35-23(16)36-10-9-32-24(18)36/h5-8,11-13,32H,9-10H2,1-4H3,(H,34,37). The third-order valence-electron chi connectivity index (χ3n) is 6.55. The van der Waals surface area contributed by atoms with Crippen LogP contribution in [0.3, 0.4) is 0 Å². The van der Waals surface area contributed by atoms with Crippen LogP contribution in [0.2, 0.25) is 0 Å². The van der Waals surface area contributed by atoms with Crippen molar-refractivity contribution in [2.24, 2.45) is 4.99 Å². The molecule has 0 radical (unpaired) electrons. The van der Waals surface area contributed by atoms with Gasteiger partial charge in [0, 0.05) is 49.2 Å². The van der Waals surface area contributed by atoms with Crippen LogP contribution < -0.4 is 16.3 Å². The molecule has 0 unspecified atom stereocenters. The van der Waals surface area contributed by atoms with Crippen LogP contribution in [0, 0.1) is 24.1 Å². The number of pyridine rings is 2. The van der Waals surface area contributed by atoms with Crippen LogP contribution in [0.5, 0.6) is 0 Å². The Morgan fingerprint density at radius 1 is 1.27 bits per heavy atom. The van der Waals surface area contributed by atoms with Crippen molar-refractivity contribution in [3.8, 4) is 28.6 Å². The summed E-state index contributed by atoms with van der Waals surface area (Å²) in [7, 11) is 1.63. The molecule has 0 aliphatic carbocycles. The van der Waals surface area contributed by atoms with E-state index in [9.17, 15) is 10.1 Å². The molecular formula is C27H25FN8O. The Labute approximate surface area is 213 Å². The zero-order valence-electron chi connectivity index (χ0n) is 20.9. The largest absolute Gasteiger partial charge is 0.369 e. The number of hydrogen-bond donors (Lipinski definition) is 2. The number of aromatic nitrogens is 4. The van der Waals surface area contributed by atoms with E-state index in [2.05, 4.69) is 36.6 Å². The molecule has 0 fully saturated rings. The van der Waals surface area contributed by atoms with Gasteiger partial charge in [-0.15, -0.1) is 0 Å². The van der Waals surface area contributed by atoms with Crippen LogP contribution in [-0.4, -0.2) is 39.0 Å². The minimum absolute atomic E-state index is 0.0329. The number of nitriles is 1. The predicted molar refractivity (Wildman–Crippen MR) is 138 cm³/mol. The van der Waals surface area contributed by atoms with E-state index >= 15 is 4.39 Å². The monoisotopic (exact) mass is 496 g/mol. The summed E-state index contributed by atoms with van der Waals surface area (Å²) in [6.45, 7) is 6.68. The van der Waals surface area contributed by atoms with E-state index in [-0.39, 0.29) is 11.4 Å². The fourth-order valence-electron chi connectivity index (χ4n) is 4.45. The molecule has 1 aromatic carbocycles. The van der Waals surface area contributed by atoms with E-state index in [1.54, 1.807) is 45.3 Å². The van der Waals surface area contributed by atoms with Crippen molar-refractivity contribution >= 4 is 17.4 Å². The Bertz CT molecular complexity index is 1630. The second kappa shape index (κ2) is 9.09. The van der Waals surface area contributed by atoms with Crippen LogP contribution in [0.15, 0.2) is 47.7 Å². The van der Waals surface area contributed by atoms with Crippen molar-refractivity contribution in [2.45, 2.75) is 32.7 Å². The fourth-order valence-corrected chi connectivity index (χ4v) is 4.45. The molecule has 186 valence electrons. The summed E-state index contributed by atoms with van der Waals surface area (Å²) in [6, 6.07) is 10.6. The average molecular weight is 497 g/mol. The number of fused-ring (bicyclic) bond motifs is 3. The number of anilines is 2. The zero-order valence-corrected chi connectivity index (χ0v) is 20.9. The van der Waals surface area contributed by atoms with Crippen molar-refractivity contribution in [1.29, 1.82) is 5.26 Å². The highest BCUT2D eigenvalue weighted by Crippen LogP contribution is 2.40. The van der Waals surface area contributed by atoms with Gasteiger partial charge in [0.05, 0.1) is 17.2 Å². The van der Waals surface area contributed by atoms with Crippen LogP contribution in [0.25, 0.3) is 22.5 Å². The second-order valence-corrected chi connectivity index (χ2v) is 9.40. The third kappa shape index (κ3) is 4.18. The number of halogens is 1. The van der Waals surface area contributed by atoms with Crippen LogP contribution >= 0.6 is 0 Å². The van der Waals surface area contributed by atoms with Gasteiger partial charge in [-0.1, -0.05) is 6.07 Å². The van der Waals surface area contributed by atoms with Crippen LogP contribution in [-0.2, 0) is 12.0 Å². The maximum atomic E-state index is 16.0. The zero-order chi connectivity index (χ0) is 26.3. The van der Waals surface area contributed by atoms with Gasteiger partial charge in [0.25, 0.3) is 5.91 Å². The van der Waals surface area contributed by atoms with E-state index < -0.39 is 17.1 Å². The lowest BCUT2D eigenvalue weighted by atomic mass is 9.86. The molecule has 4 heterocycles. The molecule has 2 N–H and O–H groups in total. The molecule has 5 rings (SSSR count). The summed E-state index contributed by atoms with van der Waals surface area (Å²) in [4.78, 5) is 30.0. The van der Waals surface area contributed by atoms with Crippen molar-refractivity contribution in [1.82, 2.24) is 19.5 Å². The van der Waals surface area contributed by atoms with Crippen LogP contribution in [0.4, 0.5) is 15.9 Å². The minimum atomic E-state index is -0.795. The number of nitrogens with one attached hydrogen (secondary N) is 2. The molecule has 37 heavy (non-hydrogen) atoms. The Morgan fingerprint density at radius 2 is 2.08 bits per heavy atom. The highest BCUT2D eigenvalue weighted by atomic mass is 19.1. The Balaban J connectivity index is 1.58. The molecule has 0 saturated heterocycles. The molecule has 0 bridgehead atoms. The third-order valence-corrected chi connectivity index (χ3v) is 6.55. The van der Waals surface area contributed by atoms with E-state index in [1.807, 2.05) is 17.6 Å². The minimum Gasteiger partial charge on any atom is -0.369 e. The molecule has 3 aliphatic heterocycles. The lowest BCUT2D eigenvalue weighted by Gasteiger charge is -2.20. The molecule has 0 atom stereocenters. The summed E-state index contributed by atoms with van der Waals surface area (Å²) >= 11 is 0. The van der Waals surface area contributed by atoms with Gasteiger partial charge in [0.1, 0.15) is 17.3 Å². The smallest absolute Gasteiger partial charge is 0.274 e. The maximum Gasteiger partial charge on any atom is 0.274 e. The molecule has 2 aromatic rings. The summed E-state index contributed by atoms with van der Waals surface area (Å²) in [5.74, 6) is 0.337. The summed E-state index contributed by atoms with van der Waals surface area (Å²) in [5.41, 5.74) is 2.85. The molecule has 0 spiro atoms. The first-order valence-corrected chi connectivity index (χ1v) is 11.8. The normalized spacial score (nSPS) is 13.2. The first kappa shape index (κ1) is 24.1. The van der Waals surface area contributed by atoms with E-state index in [0.29, 0.717) is 46.8 Å². The Hall–Kier alpha value is -4.65. The number of hydrogen-bond acceptors (Lipinski definition) is 7. The molecule has 3 aliphatic rings. The Kier molecular flexibility index (Phi) is 5.91. The molecule has 1 amide bonds. The van der Waals surface area contributed by atoms with Gasteiger partial charge in [0.15, 0.2) is 5.82 Å². The van der Waals surface area contributed by atoms with Gasteiger partial charge < -0.3 is 15.2 Å². The summed E-state index contributed by atoms with van der Waals surface area (Å²) < 4.78 is 18.0. The summed E-state index contributed by atoms with van der Waals surface area (Å²) in [6.07, 6.45) is 3.15. The van der Waals surface area contributed by atoms with Gasteiger partial charge in [-0.2, -0.15) is 10.2 Å². The number of rotatable bonds is 4. The van der Waals surface area contributed by atoms with Gasteiger partial charge in [-0.3, -0.25) is 14.8 Å². The number of carbonyl (C=O) groups excluding carboxylic acids is 1. The molecule has 9 nitrogen and oxygen atoms in total. The molecular weight excluding hydrogens is 471 g/mol. The van der Waals surface area contributed by atoms with Crippen molar-refractivity contribution in [2.75, 3.05) is 24.2 Å². The molecule has 1 aromatic heterocycles. The quantitative estimate of drug-likeness (QED) is 0.442. The van der Waals surface area contributed by atoms with E-state index in [4.69, 9.17) is 0 Å². The van der Waals surface area contributed by atoms with Crippen LogP contribution in [0.1, 0.15) is 35.5 Å². The molecule has 0 saturated carbocycles. The SMILES string of the molecule is CN=c1ncc2cc(-c3c(C)ccc(NC(=O)c4cc(C(C)(C)C#N)ccn4)c3F)c3n(c-2n1)CCN3. The van der Waals surface area contributed by atoms with E-state index in [1.165, 1.54) is 12.3 Å². The average Bonchev–Trinajstić information content (AvgIpc) is 3.41. The Morgan fingerprint density at radius 3 is 2.84 bits per heavy atom. The number of carbonyl (C=O) groups is 1. The van der Waals surface area contributed by atoms with Gasteiger partial charge >= 0.3 is 0 Å². The van der Waals surface area contributed by atoms with Crippen molar-refractivity contribution < 1.29 is 9.18 Å². The van der Waals surface area contributed by atoms with Crippen molar-refractivity contribution in [3.05, 3.63) is 71.0 Å². The van der Waals surface area contributed by atoms with Gasteiger partial charge in [-0.05, 0) is 56.2 Å². The van der Waals surface area contributed by atoms with Gasteiger partial charge in [-0.25, -0.2) is 9.37 Å². The lowest BCUT2D eigenvalue weighted by molar-refractivity contribution is 0.102. The predicted octanol–water partition coefficient (Wildman–Crippen LogP) is 3.90. The van der Waals surface area contributed by atoms with E-state index in [0.717, 1.165) is 11.4 Å². The number of aryl methyl sites for hydroxylation is 1. The number of nitrogens with zero attached hydrogens (tertiary/aromatic N) is 6.